The Balaban J connectivity index is 1.76. The van der Waals surface area contributed by atoms with Crippen molar-refractivity contribution < 1.29 is 14.6 Å². The van der Waals surface area contributed by atoms with Crippen LogP contribution in [-0.4, -0.2) is 66.8 Å². The molecule has 1 unspecified atom stereocenters. The summed E-state index contributed by atoms with van der Waals surface area (Å²) in [5.41, 5.74) is 0.264. The van der Waals surface area contributed by atoms with Crippen LogP contribution in [0.4, 0.5) is 0 Å². The van der Waals surface area contributed by atoms with Crippen molar-refractivity contribution >= 4 is 5.97 Å². The molecule has 21 heavy (non-hydrogen) atoms. The predicted octanol–water partition coefficient (Wildman–Crippen LogP) is 1.79. The van der Waals surface area contributed by atoms with Gasteiger partial charge in [0, 0.05) is 32.2 Å². The maximum absolute atomic E-state index is 10.9. The summed E-state index contributed by atoms with van der Waals surface area (Å²) in [7, 11) is 2.15. The number of hydrogen-bond donors (Lipinski definition) is 1. The van der Waals surface area contributed by atoms with Gasteiger partial charge in [-0.15, -0.1) is 0 Å². The monoisotopic (exact) mass is 292 g/mol. The van der Waals surface area contributed by atoms with E-state index in [1.807, 2.05) is 0 Å². The van der Waals surface area contributed by atoms with Crippen molar-refractivity contribution in [3.05, 3.63) is 29.8 Å². The number of benzene rings is 1. The second-order valence-electron chi connectivity index (χ2n) is 5.66. The van der Waals surface area contributed by atoms with Gasteiger partial charge in [-0.05, 0) is 38.6 Å². The van der Waals surface area contributed by atoms with Gasteiger partial charge in [0.15, 0.2) is 0 Å². The molecule has 5 nitrogen and oxygen atoms in total. The fourth-order valence-corrected chi connectivity index (χ4v) is 2.51. The minimum Gasteiger partial charge on any atom is -0.494 e. The van der Waals surface area contributed by atoms with Gasteiger partial charge in [0.05, 0.1) is 12.2 Å². The van der Waals surface area contributed by atoms with E-state index in [2.05, 4.69) is 23.8 Å². The molecule has 1 fully saturated rings. The Morgan fingerprint density at radius 3 is 2.71 bits per heavy atom. The maximum atomic E-state index is 10.9. The molecule has 0 radical (unpaired) electrons. The molecule has 1 aromatic rings. The minimum absolute atomic E-state index is 0.264. The van der Waals surface area contributed by atoms with Crippen molar-refractivity contribution in [2.45, 2.75) is 19.4 Å². The lowest BCUT2D eigenvalue weighted by atomic mass is 10.2. The molecular formula is C16H24N2O3. The molecule has 1 N–H and O–H groups in total. The van der Waals surface area contributed by atoms with Crippen LogP contribution in [0.1, 0.15) is 23.7 Å². The zero-order chi connectivity index (χ0) is 15.2. The number of ether oxygens (including phenoxy) is 1. The highest BCUT2D eigenvalue weighted by Gasteiger charge is 2.18. The topological polar surface area (TPSA) is 53.0 Å². The van der Waals surface area contributed by atoms with Crippen molar-refractivity contribution in [3.8, 4) is 5.75 Å². The highest BCUT2D eigenvalue weighted by molar-refractivity contribution is 5.87. The van der Waals surface area contributed by atoms with Crippen LogP contribution in [-0.2, 0) is 0 Å². The van der Waals surface area contributed by atoms with E-state index in [0.29, 0.717) is 18.4 Å². The number of carbonyl (C=O) groups is 1. The molecule has 1 heterocycles. The largest absolute Gasteiger partial charge is 0.494 e. The van der Waals surface area contributed by atoms with Gasteiger partial charge in [-0.1, -0.05) is 6.07 Å². The molecule has 1 saturated heterocycles. The van der Waals surface area contributed by atoms with Gasteiger partial charge in [-0.25, -0.2) is 4.79 Å². The quantitative estimate of drug-likeness (QED) is 0.866. The molecule has 116 valence electrons. The minimum atomic E-state index is -0.925. The van der Waals surface area contributed by atoms with E-state index >= 15 is 0 Å². The molecule has 0 aliphatic carbocycles. The summed E-state index contributed by atoms with van der Waals surface area (Å²) in [5, 5.41) is 8.95. The molecule has 0 amide bonds. The van der Waals surface area contributed by atoms with Crippen molar-refractivity contribution in [1.82, 2.24) is 9.80 Å². The summed E-state index contributed by atoms with van der Waals surface area (Å²) in [5.74, 6) is -0.299. The third-order valence-corrected chi connectivity index (χ3v) is 4.05. The molecule has 1 aliphatic heterocycles. The summed E-state index contributed by atoms with van der Waals surface area (Å²) in [6.45, 7) is 7.27. The van der Waals surface area contributed by atoms with Gasteiger partial charge < -0.3 is 14.7 Å². The van der Waals surface area contributed by atoms with Crippen molar-refractivity contribution in [1.29, 1.82) is 0 Å². The molecule has 0 aromatic heterocycles. The Labute approximate surface area is 126 Å². The van der Waals surface area contributed by atoms with Gasteiger partial charge in [-0.2, -0.15) is 0 Å². The molecule has 0 bridgehead atoms. The third-order valence-electron chi connectivity index (χ3n) is 4.05. The van der Waals surface area contributed by atoms with Crippen molar-refractivity contribution in [2.24, 2.45) is 0 Å². The first-order chi connectivity index (χ1) is 10.1. The average Bonchev–Trinajstić information content (AvgIpc) is 2.48. The van der Waals surface area contributed by atoms with Crippen LogP contribution < -0.4 is 4.74 Å². The standard InChI is InChI=1S/C16H24N2O3/c1-13(18-9-7-17(2)8-10-18)6-11-21-15-5-3-4-14(12-15)16(19)20/h3-5,12-13H,6-11H2,1-2H3,(H,19,20). The van der Waals surface area contributed by atoms with Crippen LogP contribution >= 0.6 is 0 Å². The van der Waals surface area contributed by atoms with Gasteiger partial charge >= 0.3 is 5.97 Å². The van der Waals surface area contributed by atoms with Gasteiger partial charge in [-0.3, -0.25) is 4.90 Å². The Hall–Kier alpha value is -1.59. The summed E-state index contributed by atoms with van der Waals surface area (Å²) < 4.78 is 5.68. The van der Waals surface area contributed by atoms with Crippen LogP contribution in [0.25, 0.3) is 0 Å². The fraction of sp³-hybridized carbons (Fsp3) is 0.562. The fourth-order valence-electron chi connectivity index (χ4n) is 2.51. The van der Waals surface area contributed by atoms with E-state index in [0.717, 1.165) is 32.6 Å². The van der Waals surface area contributed by atoms with E-state index in [4.69, 9.17) is 9.84 Å². The van der Waals surface area contributed by atoms with E-state index in [1.54, 1.807) is 24.3 Å². The van der Waals surface area contributed by atoms with E-state index in [-0.39, 0.29) is 5.56 Å². The summed E-state index contributed by atoms with van der Waals surface area (Å²) in [6, 6.07) is 7.14. The lowest BCUT2D eigenvalue weighted by molar-refractivity contribution is 0.0696. The Kier molecular flexibility index (Phi) is 5.59. The summed E-state index contributed by atoms with van der Waals surface area (Å²) in [4.78, 5) is 15.7. The number of hydrogen-bond acceptors (Lipinski definition) is 4. The maximum Gasteiger partial charge on any atom is 0.335 e. The number of piperazine rings is 1. The van der Waals surface area contributed by atoms with Crippen LogP contribution in [0.5, 0.6) is 5.75 Å². The SMILES string of the molecule is CC(CCOc1cccc(C(=O)O)c1)N1CCN(C)CC1. The van der Waals surface area contributed by atoms with Crippen molar-refractivity contribution in [2.75, 3.05) is 39.8 Å². The van der Waals surface area contributed by atoms with Gasteiger partial charge in [0.1, 0.15) is 5.75 Å². The Morgan fingerprint density at radius 1 is 1.33 bits per heavy atom. The number of rotatable bonds is 6. The third kappa shape index (κ3) is 4.72. The second-order valence-corrected chi connectivity index (χ2v) is 5.66. The smallest absolute Gasteiger partial charge is 0.335 e. The van der Waals surface area contributed by atoms with Crippen LogP contribution in [0, 0.1) is 0 Å². The number of likely N-dealkylation sites (N-methyl/N-ethyl adjacent to an activating group) is 1. The highest BCUT2D eigenvalue weighted by Crippen LogP contribution is 2.15. The molecule has 1 atom stereocenters. The van der Waals surface area contributed by atoms with Crippen LogP contribution in [0.3, 0.4) is 0 Å². The first kappa shape index (κ1) is 15.8. The second kappa shape index (κ2) is 7.43. The molecule has 5 heteroatoms. The zero-order valence-corrected chi connectivity index (χ0v) is 12.8. The average molecular weight is 292 g/mol. The predicted molar refractivity (Wildman–Crippen MR) is 82.0 cm³/mol. The van der Waals surface area contributed by atoms with Crippen LogP contribution in [0.15, 0.2) is 24.3 Å². The molecule has 1 aromatic carbocycles. The zero-order valence-electron chi connectivity index (χ0n) is 12.8. The van der Waals surface area contributed by atoms with E-state index in [9.17, 15) is 4.79 Å². The van der Waals surface area contributed by atoms with E-state index < -0.39 is 5.97 Å². The van der Waals surface area contributed by atoms with E-state index in [1.165, 1.54) is 0 Å². The normalized spacial score (nSPS) is 18.4. The Morgan fingerprint density at radius 2 is 2.05 bits per heavy atom. The van der Waals surface area contributed by atoms with Gasteiger partial charge in [0.25, 0.3) is 0 Å². The lowest BCUT2D eigenvalue weighted by Gasteiger charge is -2.36. The van der Waals surface area contributed by atoms with Crippen molar-refractivity contribution in [3.63, 3.8) is 0 Å². The first-order valence-corrected chi connectivity index (χ1v) is 7.45. The molecule has 0 saturated carbocycles. The number of aromatic carboxylic acids is 1. The molecule has 2 rings (SSSR count). The summed E-state index contributed by atoms with van der Waals surface area (Å²) in [6.07, 6.45) is 0.945. The number of carboxylic acid groups (broad SMARTS) is 1. The molecule has 0 spiro atoms. The van der Waals surface area contributed by atoms with Gasteiger partial charge in [0.2, 0.25) is 0 Å². The Bertz CT molecular complexity index is 470. The summed E-state index contributed by atoms with van der Waals surface area (Å²) >= 11 is 0. The first-order valence-electron chi connectivity index (χ1n) is 7.45. The lowest BCUT2D eigenvalue weighted by Crippen LogP contribution is -2.48. The molecule has 1 aliphatic rings. The van der Waals surface area contributed by atoms with Crippen LogP contribution in [0.2, 0.25) is 0 Å². The molecular weight excluding hydrogens is 268 g/mol. The highest BCUT2D eigenvalue weighted by atomic mass is 16.5. The number of nitrogens with zero attached hydrogens (tertiary/aromatic N) is 2. The number of carboxylic acids is 1.